The third-order valence-corrected chi connectivity index (χ3v) is 4.45. The molecule has 0 saturated carbocycles. The first kappa shape index (κ1) is 15.1. The van der Waals surface area contributed by atoms with Crippen molar-refractivity contribution in [3.63, 3.8) is 0 Å². The van der Waals surface area contributed by atoms with Crippen molar-refractivity contribution in [3.8, 4) is 0 Å². The van der Waals surface area contributed by atoms with Gasteiger partial charge in [0.1, 0.15) is 5.82 Å². The van der Waals surface area contributed by atoms with Crippen molar-refractivity contribution < 1.29 is 4.79 Å². The van der Waals surface area contributed by atoms with Crippen LogP contribution in [0.5, 0.6) is 0 Å². The number of nitrogens with zero attached hydrogens (tertiary/aromatic N) is 1. The van der Waals surface area contributed by atoms with Crippen LogP contribution in [-0.2, 0) is 4.79 Å². The number of thioether (sulfide) groups is 1. The lowest BCUT2D eigenvalue weighted by Crippen LogP contribution is -2.31. The highest BCUT2D eigenvalue weighted by atomic mass is 35.5. The summed E-state index contributed by atoms with van der Waals surface area (Å²) in [6, 6.07) is 7.22. The zero-order valence-electron chi connectivity index (χ0n) is 11.9. The van der Waals surface area contributed by atoms with Crippen LogP contribution in [0, 0.1) is 0 Å². The maximum atomic E-state index is 12.4. The van der Waals surface area contributed by atoms with Gasteiger partial charge in [-0.15, -0.1) is 0 Å². The number of hydrogen-bond donors (Lipinski definition) is 2. The van der Waals surface area contributed by atoms with E-state index in [0.29, 0.717) is 21.6 Å². The summed E-state index contributed by atoms with van der Waals surface area (Å²) in [5, 5.41) is 3.79. The van der Waals surface area contributed by atoms with Gasteiger partial charge in [0.15, 0.2) is 5.16 Å². The Bertz CT molecular complexity index is 791. The largest absolute Gasteiger partial charge is 0.310 e. The number of aromatic amines is 1. The van der Waals surface area contributed by atoms with Gasteiger partial charge in [-0.3, -0.25) is 9.59 Å². The number of anilines is 1. The van der Waals surface area contributed by atoms with Crippen molar-refractivity contribution in [2.24, 2.45) is 0 Å². The maximum Gasteiger partial charge on any atom is 0.257 e. The molecule has 5 nitrogen and oxygen atoms in total. The molecule has 3 rings (SSSR count). The molecule has 7 heteroatoms. The van der Waals surface area contributed by atoms with Crippen LogP contribution in [0.2, 0.25) is 5.02 Å². The minimum Gasteiger partial charge on any atom is -0.310 e. The fourth-order valence-electron chi connectivity index (χ4n) is 2.56. The van der Waals surface area contributed by atoms with Crippen LogP contribution >= 0.6 is 23.4 Å². The fourth-order valence-corrected chi connectivity index (χ4v) is 3.36. The molecule has 1 aromatic heterocycles. The second kappa shape index (κ2) is 6.14. The summed E-state index contributed by atoms with van der Waals surface area (Å²) >= 11 is 7.45. The molecule has 1 aliphatic rings. The standard InChI is InChI=1S/C15H14ClN3O2S/c1-2-22-15-18-13-12(14(21)19-15)10(7-11(20)17-13)8-4-3-5-9(16)6-8/h3-6,10H,2,7H2,1H3,(H2,17,18,19,20,21)/t10-/m1/s1. The molecule has 2 aromatic rings. The number of rotatable bonds is 3. The SMILES string of the molecule is CCSc1nc2c(c(=O)[nH]1)[C@@H](c1cccc(Cl)c1)CC(=O)N2. The number of hydrogen-bond acceptors (Lipinski definition) is 4. The van der Waals surface area contributed by atoms with Crippen molar-refractivity contribution in [1.82, 2.24) is 9.97 Å². The molecule has 1 atom stereocenters. The lowest BCUT2D eigenvalue weighted by Gasteiger charge is -2.24. The summed E-state index contributed by atoms with van der Waals surface area (Å²) in [5.41, 5.74) is 1.11. The van der Waals surface area contributed by atoms with Gasteiger partial charge >= 0.3 is 0 Å². The van der Waals surface area contributed by atoms with Gasteiger partial charge in [-0.05, 0) is 23.4 Å². The van der Waals surface area contributed by atoms with Crippen molar-refractivity contribution in [2.75, 3.05) is 11.1 Å². The van der Waals surface area contributed by atoms with E-state index in [0.717, 1.165) is 11.3 Å². The third-order valence-electron chi connectivity index (χ3n) is 3.46. The number of aromatic nitrogens is 2. The molecule has 0 unspecified atom stereocenters. The van der Waals surface area contributed by atoms with Crippen molar-refractivity contribution in [3.05, 3.63) is 50.8 Å². The van der Waals surface area contributed by atoms with Crippen LogP contribution in [0.15, 0.2) is 34.2 Å². The van der Waals surface area contributed by atoms with Crippen molar-refractivity contribution >= 4 is 35.1 Å². The van der Waals surface area contributed by atoms with E-state index in [-0.39, 0.29) is 23.8 Å². The van der Waals surface area contributed by atoms with Gasteiger partial charge in [-0.25, -0.2) is 4.98 Å². The molecule has 0 radical (unpaired) electrons. The van der Waals surface area contributed by atoms with Gasteiger partial charge in [0, 0.05) is 17.4 Å². The van der Waals surface area contributed by atoms with Crippen LogP contribution in [0.3, 0.4) is 0 Å². The number of nitrogens with one attached hydrogen (secondary N) is 2. The number of H-pyrrole nitrogens is 1. The number of halogens is 1. The van der Waals surface area contributed by atoms with Gasteiger partial charge < -0.3 is 10.3 Å². The van der Waals surface area contributed by atoms with Gasteiger partial charge in [-0.2, -0.15) is 0 Å². The van der Waals surface area contributed by atoms with Gasteiger partial charge in [-0.1, -0.05) is 42.4 Å². The Hall–Kier alpha value is -1.79. The Morgan fingerprint density at radius 1 is 1.41 bits per heavy atom. The minimum atomic E-state index is -0.334. The summed E-state index contributed by atoms with van der Waals surface area (Å²) < 4.78 is 0. The molecule has 1 aromatic carbocycles. The van der Waals surface area contributed by atoms with Gasteiger partial charge in [0.05, 0.1) is 5.56 Å². The first-order valence-electron chi connectivity index (χ1n) is 6.90. The van der Waals surface area contributed by atoms with E-state index in [1.807, 2.05) is 19.1 Å². The highest BCUT2D eigenvalue weighted by molar-refractivity contribution is 7.99. The van der Waals surface area contributed by atoms with Crippen LogP contribution in [0.4, 0.5) is 5.82 Å². The predicted octanol–water partition coefficient (Wildman–Crippen LogP) is 3.01. The summed E-state index contributed by atoms with van der Waals surface area (Å²) in [5.74, 6) is 0.649. The van der Waals surface area contributed by atoms with Crippen LogP contribution in [0.25, 0.3) is 0 Å². The second-order valence-corrected chi connectivity index (χ2v) is 6.62. The van der Waals surface area contributed by atoms with Gasteiger partial charge in [0.2, 0.25) is 5.91 Å². The normalized spacial score (nSPS) is 17.0. The highest BCUT2D eigenvalue weighted by Gasteiger charge is 2.30. The molecule has 1 aliphatic heterocycles. The Kier molecular flexibility index (Phi) is 4.22. The lowest BCUT2D eigenvalue weighted by molar-refractivity contribution is -0.116. The lowest BCUT2D eigenvalue weighted by atomic mass is 9.87. The summed E-state index contributed by atoms with van der Waals surface area (Å²) in [6.45, 7) is 1.97. The summed E-state index contributed by atoms with van der Waals surface area (Å²) in [7, 11) is 0. The summed E-state index contributed by atoms with van der Waals surface area (Å²) in [4.78, 5) is 31.5. The zero-order valence-corrected chi connectivity index (χ0v) is 13.4. The summed E-state index contributed by atoms with van der Waals surface area (Å²) in [6.07, 6.45) is 0.207. The molecule has 1 amide bonds. The minimum absolute atomic E-state index is 0.150. The number of carbonyl (C=O) groups is 1. The Morgan fingerprint density at radius 3 is 2.95 bits per heavy atom. The Morgan fingerprint density at radius 2 is 2.23 bits per heavy atom. The molecule has 0 fully saturated rings. The third kappa shape index (κ3) is 2.89. The van der Waals surface area contributed by atoms with Crippen LogP contribution in [-0.4, -0.2) is 21.6 Å². The van der Waals surface area contributed by atoms with E-state index in [9.17, 15) is 9.59 Å². The zero-order chi connectivity index (χ0) is 15.7. The maximum absolute atomic E-state index is 12.4. The smallest absolute Gasteiger partial charge is 0.257 e. The van der Waals surface area contributed by atoms with Crippen LogP contribution in [0.1, 0.15) is 30.4 Å². The first-order valence-corrected chi connectivity index (χ1v) is 8.27. The van der Waals surface area contributed by atoms with E-state index in [1.54, 1.807) is 12.1 Å². The molecule has 2 N–H and O–H groups in total. The van der Waals surface area contributed by atoms with Crippen molar-refractivity contribution in [2.45, 2.75) is 24.4 Å². The van der Waals surface area contributed by atoms with E-state index in [2.05, 4.69) is 15.3 Å². The van der Waals surface area contributed by atoms with E-state index in [4.69, 9.17) is 11.6 Å². The molecular weight excluding hydrogens is 322 g/mol. The number of benzene rings is 1. The average Bonchev–Trinajstić information content (AvgIpc) is 2.46. The molecule has 22 heavy (non-hydrogen) atoms. The number of fused-ring (bicyclic) bond motifs is 1. The molecule has 0 saturated heterocycles. The molecule has 2 heterocycles. The molecular formula is C15H14ClN3O2S. The number of carbonyl (C=O) groups excluding carboxylic acids is 1. The predicted molar refractivity (Wildman–Crippen MR) is 87.8 cm³/mol. The fraction of sp³-hybridized carbons (Fsp3) is 0.267. The van der Waals surface area contributed by atoms with E-state index in [1.165, 1.54) is 11.8 Å². The molecule has 0 bridgehead atoms. The topological polar surface area (TPSA) is 74.8 Å². The highest BCUT2D eigenvalue weighted by Crippen LogP contribution is 2.35. The van der Waals surface area contributed by atoms with Crippen molar-refractivity contribution in [1.29, 1.82) is 0 Å². The van der Waals surface area contributed by atoms with Gasteiger partial charge in [0.25, 0.3) is 5.56 Å². The van der Waals surface area contributed by atoms with Crippen LogP contribution < -0.4 is 10.9 Å². The first-order chi connectivity index (χ1) is 10.6. The Balaban J connectivity index is 2.13. The molecule has 0 aliphatic carbocycles. The molecule has 0 spiro atoms. The quantitative estimate of drug-likeness (QED) is 0.668. The number of amides is 1. The Labute approximate surface area is 136 Å². The van der Waals surface area contributed by atoms with E-state index >= 15 is 0 Å². The molecule has 114 valence electrons. The van der Waals surface area contributed by atoms with E-state index < -0.39 is 0 Å². The second-order valence-electron chi connectivity index (χ2n) is 4.93. The monoisotopic (exact) mass is 335 g/mol. The average molecular weight is 336 g/mol.